The van der Waals surface area contributed by atoms with E-state index in [-0.39, 0.29) is 5.97 Å². The van der Waals surface area contributed by atoms with E-state index < -0.39 is 5.54 Å². The highest BCUT2D eigenvalue weighted by molar-refractivity contribution is 9.10. The molecule has 0 bridgehead atoms. The molecule has 0 amide bonds. The SMILES string of the molecule is CC(=O)OCCCc1c(Cl)cc2c(cnn2C(c2ccccc2)(c2ccccc2)c2ccccc2)c1Br. The van der Waals surface area contributed by atoms with Crippen molar-refractivity contribution in [1.82, 2.24) is 9.78 Å². The van der Waals surface area contributed by atoms with Crippen molar-refractivity contribution in [1.29, 1.82) is 0 Å². The van der Waals surface area contributed by atoms with Gasteiger partial charge in [-0.05, 0) is 57.1 Å². The Balaban J connectivity index is 1.75. The van der Waals surface area contributed by atoms with Crippen LogP contribution in [0.25, 0.3) is 10.9 Å². The summed E-state index contributed by atoms with van der Waals surface area (Å²) in [5.74, 6) is -0.277. The van der Waals surface area contributed by atoms with Crippen LogP contribution in [0.2, 0.25) is 5.02 Å². The Labute approximate surface area is 230 Å². The first-order valence-corrected chi connectivity index (χ1v) is 13.4. The molecule has 1 heterocycles. The predicted octanol–water partition coefficient (Wildman–Crippen LogP) is 7.79. The molecule has 0 aliphatic carbocycles. The van der Waals surface area contributed by atoms with Crippen molar-refractivity contribution >= 4 is 44.4 Å². The number of ether oxygens (including phenoxy) is 1. The molecule has 4 aromatic carbocycles. The maximum absolute atomic E-state index is 11.1. The monoisotopic (exact) mass is 572 g/mol. The molecule has 5 rings (SSSR count). The molecule has 0 fully saturated rings. The van der Waals surface area contributed by atoms with Crippen molar-refractivity contribution in [2.45, 2.75) is 25.3 Å². The zero-order valence-corrected chi connectivity index (χ0v) is 22.7. The zero-order valence-electron chi connectivity index (χ0n) is 20.4. The van der Waals surface area contributed by atoms with Gasteiger partial charge in [-0.3, -0.25) is 4.79 Å². The van der Waals surface area contributed by atoms with E-state index in [0.29, 0.717) is 24.5 Å². The highest BCUT2D eigenvalue weighted by Crippen LogP contribution is 2.44. The van der Waals surface area contributed by atoms with Crippen molar-refractivity contribution in [2.24, 2.45) is 0 Å². The van der Waals surface area contributed by atoms with Gasteiger partial charge >= 0.3 is 5.97 Å². The van der Waals surface area contributed by atoms with Crippen LogP contribution < -0.4 is 0 Å². The molecule has 0 radical (unpaired) electrons. The number of fused-ring (bicyclic) bond motifs is 1. The molecule has 186 valence electrons. The van der Waals surface area contributed by atoms with Gasteiger partial charge < -0.3 is 4.74 Å². The van der Waals surface area contributed by atoms with Gasteiger partial charge in [-0.15, -0.1) is 0 Å². The Morgan fingerprint density at radius 2 is 1.43 bits per heavy atom. The van der Waals surface area contributed by atoms with Crippen LogP contribution in [-0.4, -0.2) is 22.4 Å². The molecule has 0 saturated carbocycles. The number of carbonyl (C=O) groups is 1. The second-order valence-electron chi connectivity index (χ2n) is 8.89. The second kappa shape index (κ2) is 10.9. The van der Waals surface area contributed by atoms with E-state index >= 15 is 0 Å². The van der Waals surface area contributed by atoms with E-state index in [1.54, 1.807) is 0 Å². The number of hydrogen-bond donors (Lipinski definition) is 0. The third kappa shape index (κ3) is 4.70. The zero-order chi connectivity index (χ0) is 25.8. The fraction of sp³-hybridized carbons (Fsp3) is 0.161. The number of aromatic nitrogens is 2. The highest BCUT2D eigenvalue weighted by atomic mass is 79.9. The number of hydrogen-bond acceptors (Lipinski definition) is 3. The van der Waals surface area contributed by atoms with Crippen LogP contribution in [0.1, 0.15) is 35.6 Å². The lowest BCUT2D eigenvalue weighted by Gasteiger charge is -2.37. The molecule has 0 unspecified atom stereocenters. The van der Waals surface area contributed by atoms with Gasteiger partial charge in [-0.1, -0.05) is 103 Å². The Hall–Kier alpha value is -3.41. The number of nitrogens with zero attached hydrogens (tertiary/aromatic N) is 2. The van der Waals surface area contributed by atoms with Crippen LogP contribution in [0.15, 0.2) is 108 Å². The van der Waals surface area contributed by atoms with Gasteiger partial charge in [0.15, 0.2) is 0 Å². The van der Waals surface area contributed by atoms with Gasteiger partial charge in [0.1, 0.15) is 5.54 Å². The van der Waals surface area contributed by atoms with Gasteiger partial charge in [-0.2, -0.15) is 5.10 Å². The van der Waals surface area contributed by atoms with E-state index in [2.05, 4.69) is 93.4 Å². The minimum Gasteiger partial charge on any atom is -0.466 e. The van der Waals surface area contributed by atoms with Crippen LogP contribution >= 0.6 is 27.5 Å². The van der Waals surface area contributed by atoms with Crippen molar-refractivity contribution in [2.75, 3.05) is 6.61 Å². The number of rotatable bonds is 8. The average molecular weight is 574 g/mol. The van der Waals surface area contributed by atoms with Crippen molar-refractivity contribution in [3.05, 3.63) is 135 Å². The number of halogens is 2. The molecule has 5 aromatic rings. The van der Waals surface area contributed by atoms with Crippen molar-refractivity contribution in [3.63, 3.8) is 0 Å². The Kier molecular flexibility index (Phi) is 7.45. The molecule has 0 atom stereocenters. The fourth-order valence-corrected chi connectivity index (χ4v) is 6.13. The quantitative estimate of drug-likeness (QED) is 0.108. The summed E-state index contributed by atoms with van der Waals surface area (Å²) >= 11 is 10.7. The smallest absolute Gasteiger partial charge is 0.302 e. The highest BCUT2D eigenvalue weighted by Gasteiger charge is 2.40. The van der Waals surface area contributed by atoms with Gasteiger partial charge in [0.2, 0.25) is 0 Å². The minimum atomic E-state index is -0.731. The molecule has 0 N–H and O–H groups in total. The van der Waals surface area contributed by atoms with E-state index in [9.17, 15) is 4.79 Å². The van der Waals surface area contributed by atoms with Crippen LogP contribution in [0, 0.1) is 0 Å². The molecule has 0 spiro atoms. The molecule has 0 aliphatic rings. The van der Waals surface area contributed by atoms with Gasteiger partial charge in [-0.25, -0.2) is 4.68 Å². The topological polar surface area (TPSA) is 44.1 Å². The van der Waals surface area contributed by atoms with Crippen molar-refractivity contribution < 1.29 is 9.53 Å². The second-order valence-corrected chi connectivity index (χ2v) is 10.1. The molecular formula is C31H26BrClN2O2. The lowest BCUT2D eigenvalue weighted by molar-refractivity contribution is -0.141. The van der Waals surface area contributed by atoms with Gasteiger partial charge in [0.05, 0.1) is 18.3 Å². The summed E-state index contributed by atoms with van der Waals surface area (Å²) in [4.78, 5) is 11.1. The summed E-state index contributed by atoms with van der Waals surface area (Å²) in [6, 6.07) is 33.3. The lowest BCUT2D eigenvalue weighted by atomic mass is 9.77. The molecule has 0 saturated heterocycles. The summed E-state index contributed by atoms with van der Waals surface area (Å²) in [5, 5.41) is 6.64. The third-order valence-corrected chi connectivity index (χ3v) is 7.87. The Morgan fingerprint density at radius 3 is 1.92 bits per heavy atom. The van der Waals surface area contributed by atoms with Gasteiger partial charge in [0, 0.05) is 21.8 Å². The van der Waals surface area contributed by atoms with E-state index in [1.807, 2.05) is 30.5 Å². The van der Waals surface area contributed by atoms with Crippen LogP contribution in [0.4, 0.5) is 0 Å². The van der Waals surface area contributed by atoms with Crippen molar-refractivity contribution in [3.8, 4) is 0 Å². The number of benzene rings is 4. The predicted molar refractivity (Wildman–Crippen MR) is 152 cm³/mol. The molecule has 4 nitrogen and oxygen atoms in total. The van der Waals surface area contributed by atoms with Crippen LogP contribution in [-0.2, 0) is 21.5 Å². The first kappa shape index (κ1) is 25.2. The molecule has 0 aliphatic heterocycles. The average Bonchev–Trinajstić information content (AvgIpc) is 3.34. The fourth-order valence-electron chi connectivity index (χ4n) is 5.01. The Morgan fingerprint density at radius 1 is 0.919 bits per heavy atom. The molecule has 1 aromatic heterocycles. The van der Waals surface area contributed by atoms with Crippen LogP contribution in [0.5, 0.6) is 0 Å². The standard InChI is InChI=1S/C31H26BrClN2O2/c1-22(36)37-19-11-18-26-28(33)20-29-27(30(26)32)21-34-35(29)31(23-12-5-2-6-13-23,24-14-7-3-8-15-24)25-16-9-4-10-17-25/h2-10,12-17,20-21H,11,18-19H2,1H3. The van der Waals surface area contributed by atoms with E-state index in [1.165, 1.54) is 6.92 Å². The first-order valence-electron chi connectivity index (χ1n) is 12.2. The molecular weight excluding hydrogens is 548 g/mol. The summed E-state index contributed by atoms with van der Waals surface area (Å²) in [5.41, 5.74) is 4.44. The lowest BCUT2D eigenvalue weighted by Crippen LogP contribution is -2.38. The Bertz CT molecular complexity index is 1420. The largest absolute Gasteiger partial charge is 0.466 e. The summed E-state index contributed by atoms with van der Waals surface area (Å²) in [6.45, 7) is 1.77. The van der Waals surface area contributed by atoms with E-state index in [0.717, 1.165) is 37.6 Å². The maximum atomic E-state index is 11.1. The van der Waals surface area contributed by atoms with Gasteiger partial charge in [0.25, 0.3) is 0 Å². The third-order valence-electron chi connectivity index (χ3n) is 6.63. The van der Waals surface area contributed by atoms with Crippen LogP contribution in [0.3, 0.4) is 0 Å². The first-order chi connectivity index (χ1) is 18.0. The maximum Gasteiger partial charge on any atom is 0.302 e. The van der Waals surface area contributed by atoms with E-state index in [4.69, 9.17) is 21.4 Å². The summed E-state index contributed by atoms with van der Waals surface area (Å²) < 4.78 is 8.11. The normalized spacial score (nSPS) is 11.5. The summed E-state index contributed by atoms with van der Waals surface area (Å²) in [6.07, 6.45) is 3.25. The molecule has 6 heteroatoms. The number of esters is 1. The summed E-state index contributed by atoms with van der Waals surface area (Å²) in [7, 11) is 0. The number of carbonyl (C=O) groups excluding carboxylic acids is 1. The molecule has 37 heavy (non-hydrogen) atoms. The minimum absolute atomic E-state index is 0.277.